The van der Waals surface area contributed by atoms with Crippen molar-refractivity contribution in [3.8, 4) is 28.4 Å². The normalized spacial score (nSPS) is 10.5. The number of aromatic nitrogens is 2. The topological polar surface area (TPSA) is 53.4 Å². The molecule has 5 heteroatoms. The summed E-state index contributed by atoms with van der Waals surface area (Å²) in [4.78, 5) is 16.7. The Balaban J connectivity index is 1.57. The van der Waals surface area contributed by atoms with Gasteiger partial charge in [-0.15, -0.1) is 0 Å². The van der Waals surface area contributed by atoms with Crippen LogP contribution in [0.3, 0.4) is 0 Å². The molecule has 144 valence electrons. The molecule has 2 aromatic carbocycles. The van der Waals surface area contributed by atoms with Crippen molar-refractivity contribution < 1.29 is 9.47 Å². The highest BCUT2D eigenvalue weighted by atomic mass is 16.5. The van der Waals surface area contributed by atoms with Gasteiger partial charge < -0.3 is 14.0 Å². The molecule has 0 amide bonds. The van der Waals surface area contributed by atoms with Crippen molar-refractivity contribution in [2.24, 2.45) is 0 Å². The zero-order chi connectivity index (χ0) is 20.1. The van der Waals surface area contributed by atoms with E-state index in [2.05, 4.69) is 4.98 Å². The third kappa shape index (κ3) is 4.35. The zero-order valence-electron chi connectivity index (χ0n) is 16.0. The minimum Gasteiger partial charge on any atom is -0.497 e. The fourth-order valence-electron chi connectivity index (χ4n) is 2.97. The monoisotopic (exact) mass is 384 g/mol. The van der Waals surface area contributed by atoms with Gasteiger partial charge in [-0.1, -0.05) is 42.5 Å². The minimum absolute atomic E-state index is 0.172. The molecule has 0 fully saturated rings. The summed E-state index contributed by atoms with van der Waals surface area (Å²) < 4.78 is 12.7. The Morgan fingerprint density at radius 3 is 2.48 bits per heavy atom. The van der Waals surface area contributed by atoms with E-state index < -0.39 is 0 Å². The third-order valence-electron chi connectivity index (χ3n) is 4.56. The molecule has 0 aliphatic rings. The highest BCUT2D eigenvalue weighted by Gasteiger charge is 2.06. The smallest absolute Gasteiger partial charge is 0.223 e. The molecule has 2 heterocycles. The number of methoxy groups -OCH3 is 1. The quantitative estimate of drug-likeness (QED) is 0.492. The van der Waals surface area contributed by atoms with Crippen molar-refractivity contribution in [1.29, 1.82) is 0 Å². The lowest BCUT2D eigenvalue weighted by Gasteiger charge is -2.11. The molecule has 0 N–H and O–H groups in total. The maximum atomic E-state index is 12.2. The van der Waals surface area contributed by atoms with Crippen LogP contribution in [0.15, 0.2) is 96.2 Å². The van der Waals surface area contributed by atoms with E-state index in [0.29, 0.717) is 12.4 Å². The first-order chi connectivity index (χ1) is 14.2. The number of pyridine rings is 2. The Bertz CT molecular complexity index is 1150. The Hall–Kier alpha value is -3.86. The van der Waals surface area contributed by atoms with E-state index in [9.17, 15) is 4.79 Å². The number of benzene rings is 2. The molecule has 0 aliphatic heterocycles. The summed E-state index contributed by atoms with van der Waals surface area (Å²) in [6, 6.07) is 23.1. The maximum absolute atomic E-state index is 12.2. The molecule has 0 saturated heterocycles. The highest BCUT2D eigenvalue weighted by Crippen LogP contribution is 2.21. The molecule has 0 atom stereocenters. The number of hydrogen-bond acceptors (Lipinski definition) is 4. The van der Waals surface area contributed by atoms with E-state index in [1.807, 2.05) is 66.7 Å². The molecule has 5 nitrogen and oxygen atoms in total. The van der Waals surface area contributed by atoms with Crippen molar-refractivity contribution in [3.05, 3.63) is 107 Å². The lowest BCUT2D eigenvalue weighted by molar-refractivity contribution is 0.301. The van der Waals surface area contributed by atoms with Gasteiger partial charge in [0.2, 0.25) is 5.43 Å². The van der Waals surface area contributed by atoms with Gasteiger partial charge in [-0.25, -0.2) is 4.98 Å². The maximum Gasteiger partial charge on any atom is 0.223 e. The zero-order valence-corrected chi connectivity index (χ0v) is 16.0. The Morgan fingerprint density at radius 2 is 1.72 bits per heavy atom. The van der Waals surface area contributed by atoms with Gasteiger partial charge >= 0.3 is 0 Å². The fraction of sp³-hybridized carbons (Fsp3) is 0.0833. The molecule has 2 aromatic heterocycles. The van der Waals surface area contributed by atoms with Crippen LogP contribution >= 0.6 is 0 Å². The second kappa shape index (κ2) is 8.44. The van der Waals surface area contributed by atoms with E-state index in [1.165, 1.54) is 6.07 Å². The molecule has 4 aromatic rings. The van der Waals surface area contributed by atoms with Crippen LogP contribution in [0.4, 0.5) is 0 Å². The Labute approximate surface area is 168 Å². The lowest BCUT2D eigenvalue weighted by Crippen LogP contribution is -2.10. The average Bonchev–Trinajstić information content (AvgIpc) is 2.79. The predicted molar refractivity (Wildman–Crippen MR) is 113 cm³/mol. The van der Waals surface area contributed by atoms with Crippen LogP contribution in [0, 0.1) is 0 Å². The summed E-state index contributed by atoms with van der Waals surface area (Å²) in [5, 5.41) is 0. The molecule has 29 heavy (non-hydrogen) atoms. The van der Waals surface area contributed by atoms with Crippen LogP contribution in [0.5, 0.6) is 11.5 Å². The summed E-state index contributed by atoms with van der Waals surface area (Å²) in [6.07, 6.45) is 5.12. The van der Waals surface area contributed by atoms with Gasteiger partial charge in [-0.3, -0.25) is 4.79 Å². The molecule has 0 spiro atoms. The first kappa shape index (κ1) is 18.5. The molecule has 0 bridgehead atoms. The van der Waals surface area contributed by atoms with Crippen LogP contribution in [-0.4, -0.2) is 16.7 Å². The van der Waals surface area contributed by atoms with Crippen molar-refractivity contribution in [3.63, 3.8) is 0 Å². The molecule has 4 rings (SSSR count). The van der Waals surface area contributed by atoms with Crippen molar-refractivity contribution in [2.45, 2.75) is 6.61 Å². The number of nitrogens with zero attached hydrogens (tertiary/aromatic N) is 2. The predicted octanol–water partition coefficient (Wildman–Crippen LogP) is 4.49. The van der Waals surface area contributed by atoms with Gasteiger partial charge in [0, 0.05) is 18.5 Å². The fourth-order valence-corrected chi connectivity index (χ4v) is 2.97. The van der Waals surface area contributed by atoms with E-state index in [-0.39, 0.29) is 11.2 Å². The van der Waals surface area contributed by atoms with Crippen LogP contribution in [0.25, 0.3) is 16.9 Å². The largest absolute Gasteiger partial charge is 0.497 e. The summed E-state index contributed by atoms with van der Waals surface area (Å²) >= 11 is 0. The first-order valence-corrected chi connectivity index (χ1v) is 9.23. The van der Waals surface area contributed by atoms with E-state index in [0.717, 1.165) is 22.4 Å². The molecule has 0 aliphatic carbocycles. The highest BCUT2D eigenvalue weighted by molar-refractivity contribution is 5.64. The van der Waals surface area contributed by atoms with Crippen LogP contribution in [-0.2, 0) is 6.61 Å². The second-order valence-corrected chi connectivity index (χ2v) is 6.49. The van der Waals surface area contributed by atoms with Crippen LogP contribution in [0.2, 0.25) is 0 Å². The Kier molecular flexibility index (Phi) is 5.38. The van der Waals surface area contributed by atoms with Crippen molar-refractivity contribution in [2.75, 3.05) is 7.11 Å². The third-order valence-corrected chi connectivity index (χ3v) is 4.56. The Morgan fingerprint density at radius 1 is 0.931 bits per heavy atom. The van der Waals surface area contributed by atoms with Crippen LogP contribution < -0.4 is 14.9 Å². The summed E-state index contributed by atoms with van der Waals surface area (Å²) in [6.45, 7) is 0.292. The number of rotatable bonds is 6. The van der Waals surface area contributed by atoms with E-state index >= 15 is 0 Å². The van der Waals surface area contributed by atoms with Crippen LogP contribution in [0.1, 0.15) is 5.56 Å². The number of hydrogen-bond donors (Lipinski definition) is 0. The van der Waals surface area contributed by atoms with Gasteiger partial charge in [0.1, 0.15) is 18.2 Å². The minimum atomic E-state index is -0.172. The van der Waals surface area contributed by atoms with E-state index in [4.69, 9.17) is 9.47 Å². The molecule has 0 radical (unpaired) electrons. The average molecular weight is 384 g/mol. The summed E-state index contributed by atoms with van der Waals surface area (Å²) in [5.41, 5.74) is 2.93. The standard InChI is InChI=1S/C24H20N2O3/c1-28-21-9-7-18(8-10-21)17-29-23-16-26(14-12-22(23)27)24-15-20(11-13-25-24)19-5-3-2-4-6-19/h2-16H,17H2,1H3. The van der Waals surface area contributed by atoms with Gasteiger partial charge in [0.15, 0.2) is 5.75 Å². The molecule has 0 unspecified atom stereocenters. The van der Waals surface area contributed by atoms with Gasteiger partial charge in [-0.05, 0) is 41.0 Å². The summed E-state index contributed by atoms with van der Waals surface area (Å²) in [7, 11) is 1.62. The lowest BCUT2D eigenvalue weighted by atomic mass is 10.1. The van der Waals surface area contributed by atoms with Crippen molar-refractivity contribution in [1.82, 2.24) is 9.55 Å². The first-order valence-electron chi connectivity index (χ1n) is 9.23. The van der Waals surface area contributed by atoms with E-state index in [1.54, 1.807) is 30.3 Å². The molecular weight excluding hydrogens is 364 g/mol. The molecule has 0 saturated carbocycles. The molecular formula is C24H20N2O3. The number of ether oxygens (including phenoxy) is 2. The van der Waals surface area contributed by atoms with Gasteiger partial charge in [0.05, 0.1) is 13.3 Å². The SMILES string of the molecule is COc1ccc(COc2cn(-c3cc(-c4ccccc4)ccn3)ccc2=O)cc1. The van der Waals surface area contributed by atoms with Gasteiger partial charge in [-0.2, -0.15) is 0 Å². The van der Waals surface area contributed by atoms with Crippen molar-refractivity contribution >= 4 is 0 Å². The second-order valence-electron chi connectivity index (χ2n) is 6.49. The summed E-state index contributed by atoms with van der Waals surface area (Å²) in [5.74, 6) is 1.76. The van der Waals surface area contributed by atoms with Gasteiger partial charge in [0.25, 0.3) is 0 Å².